The Morgan fingerprint density at radius 3 is 2.57 bits per heavy atom. The number of rotatable bonds is 11. The molecule has 0 radical (unpaired) electrons. The number of nitrogens with one attached hydrogen (secondary N) is 1. The van der Waals surface area contributed by atoms with Gasteiger partial charge in [0.2, 0.25) is 0 Å². The third-order valence-electron chi connectivity index (χ3n) is 5.83. The maximum atomic E-state index is 10.7. The van der Waals surface area contributed by atoms with Gasteiger partial charge in [0, 0.05) is 60.8 Å². The van der Waals surface area contributed by atoms with Crippen molar-refractivity contribution in [2.45, 2.75) is 59.0 Å². The lowest BCUT2D eigenvalue weighted by atomic mass is 9.89. The molecule has 0 saturated carbocycles. The first-order chi connectivity index (χ1) is 14.1. The first-order valence-corrected chi connectivity index (χ1v) is 10.9. The third-order valence-corrected chi connectivity index (χ3v) is 5.83. The number of allylic oxidation sites excluding steroid dienone is 1. The van der Waals surface area contributed by atoms with Crippen molar-refractivity contribution >= 4 is 23.7 Å². The Morgan fingerprint density at radius 1 is 1.33 bits per heavy atom. The van der Waals surface area contributed by atoms with E-state index in [0.717, 1.165) is 54.7 Å². The molecule has 1 fully saturated rings. The topological polar surface area (TPSA) is 35.6 Å². The summed E-state index contributed by atoms with van der Waals surface area (Å²) in [6, 6.07) is 6.90. The van der Waals surface area contributed by atoms with Crippen molar-refractivity contribution in [3.05, 3.63) is 54.8 Å². The molecule has 1 aromatic carbocycles. The normalized spacial score (nSPS) is 15.2. The van der Waals surface area contributed by atoms with Crippen molar-refractivity contribution in [2.24, 2.45) is 5.41 Å². The molecule has 4 heteroatoms. The zero-order valence-electron chi connectivity index (χ0n) is 19.5. The molecule has 0 bridgehead atoms. The summed E-state index contributed by atoms with van der Waals surface area (Å²) in [5.74, 6) is 0. The Morgan fingerprint density at radius 2 is 2.00 bits per heavy atom. The lowest BCUT2D eigenvalue weighted by Gasteiger charge is -2.44. The Hall–Kier alpha value is -2.49. The van der Waals surface area contributed by atoms with Gasteiger partial charge in [0.1, 0.15) is 6.29 Å². The number of carbonyl (C=O) groups excluding carboxylic acids is 1. The Bertz CT molecular complexity index is 784. The van der Waals surface area contributed by atoms with Crippen molar-refractivity contribution < 1.29 is 4.79 Å². The second-order valence-corrected chi connectivity index (χ2v) is 9.67. The summed E-state index contributed by atoms with van der Waals surface area (Å²) in [6.07, 6.45) is 5.28. The van der Waals surface area contributed by atoms with Crippen LogP contribution in [0.4, 0.5) is 5.69 Å². The fourth-order valence-corrected chi connectivity index (χ4v) is 3.89. The highest BCUT2D eigenvalue weighted by Crippen LogP contribution is 2.32. The molecule has 1 aliphatic heterocycles. The van der Waals surface area contributed by atoms with Crippen LogP contribution in [0.15, 0.2) is 43.6 Å². The minimum atomic E-state index is 0.242. The van der Waals surface area contributed by atoms with Crippen molar-refractivity contribution in [3.8, 4) is 0 Å². The van der Waals surface area contributed by atoms with Gasteiger partial charge in [-0.05, 0) is 31.2 Å². The van der Waals surface area contributed by atoms with Gasteiger partial charge < -0.3 is 19.9 Å². The Kier molecular flexibility index (Phi) is 7.94. The van der Waals surface area contributed by atoms with Crippen LogP contribution in [0.2, 0.25) is 0 Å². The summed E-state index contributed by atoms with van der Waals surface area (Å²) in [4.78, 5) is 15.2. The monoisotopic (exact) mass is 409 g/mol. The fourth-order valence-electron chi connectivity index (χ4n) is 3.89. The molecule has 2 rings (SSSR count). The lowest BCUT2D eigenvalue weighted by molar-refractivity contribution is -0.108. The summed E-state index contributed by atoms with van der Waals surface area (Å²) in [6.45, 7) is 23.5. The summed E-state index contributed by atoms with van der Waals surface area (Å²) >= 11 is 0. The van der Waals surface area contributed by atoms with Crippen molar-refractivity contribution in [3.63, 3.8) is 0 Å². The van der Waals surface area contributed by atoms with Crippen molar-refractivity contribution in [2.75, 3.05) is 25.5 Å². The van der Waals surface area contributed by atoms with E-state index in [1.165, 1.54) is 5.70 Å². The van der Waals surface area contributed by atoms with Crippen LogP contribution in [0.5, 0.6) is 0 Å². The molecular formula is C26H39N3O. The molecule has 0 aromatic heterocycles. The van der Waals surface area contributed by atoms with E-state index < -0.39 is 0 Å². The summed E-state index contributed by atoms with van der Waals surface area (Å²) in [5.41, 5.74) is 5.66. The molecule has 0 aliphatic carbocycles. The van der Waals surface area contributed by atoms with Gasteiger partial charge in [-0.3, -0.25) is 0 Å². The largest absolute Gasteiger partial charge is 0.378 e. The minimum absolute atomic E-state index is 0.242. The van der Waals surface area contributed by atoms with Gasteiger partial charge in [-0.25, -0.2) is 0 Å². The molecule has 1 heterocycles. The first-order valence-electron chi connectivity index (χ1n) is 10.9. The van der Waals surface area contributed by atoms with E-state index in [9.17, 15) is 4.79 Å². The average molecular weight is 410 g/mol. The van der Waals surface area contributed by atoms with Crippen LogP contribution in [-0.4, -0.2) is 48.3 Å². The molecule has 1 aromatic rings. The van der Waals surface area contributed by atoms with Crippen molar-refractivity contribution in [1.29, 1.82) is 0 Å². The van der Waals surface area contributed by atoms with Gasteiger partial charge in [-0.1, -0.05) is 58.7 Å². The number of aldehydes is 1. The van der Waals surface area contributed by atoms with Crippen LogP contribution in [0.1, 0.15) is 58.1 Å². The van der Waals surface area contributed by atoms with E-state index >= 15 is 0 Å². The highest BCUT2D eigenvalue weighted by Gasteiger charge is 2.29. The smallest absolute Gasteiger partial charge is 0.120 e. The van der Waals surface area contributed by atoms with Crippen molar-refractivity contribution in [1.82, 2.24) is 9.80 Å². The van der Waals surface area contributed by atoms with Crippen LogP contribution in [0.3, 0.4) is 0 Å². The molecule has 4 nitrogen and oxygen atoms in total. The number of hydrogen-bond donors (Lipinski definition) is 1. The predicted octanol–water partition coefficient (Wildman–Crippen LogP) is 5.65. The second kappa shape index (κ2) is 10.0. The second-order valence-electron chi connectivity index (χ2n) is 9.67. The van der Waals surface area contributed by atoms with Crippen LogP contribution in [0.25, 0.3) is 11.8 Å². The SMILES string of the molecule is C=Cc1c(NC2CN(C(=C)CC(C)(C)C)C2)cccc1C(=C)N(C)C(C)CCC=O. The molecule has 164 valence electrons. The number of carbonyl (C=O) groups is 1. The van der Waals surface area contributed by atoms with E-state index in [-0.39, 0.29) is 11.5 Å². The van der Waals surface area contributed by atoms with E-state index in [1.807, 2.05) is 13.1 Å². The zero-order valence-corrected chi connectivity index (χ0v) is 19.5. The van der Waals surface area contributed by atoms with E-state index in [1.54, 1.807) is 0 Å². The van der Waals surface area contributed by atoms with Gasteiger partial charge in [-0.15, -0.1) is 0 Å². The Labute approximate surface area is 183 Å². The molecule has 30 heavy (non-hydrogen) atoms. The molecule has 1 aliphatic rings. The van der Waals surface area contributed by atoms with E-state index in [4.69, 9.17) is 0 Å². The van der Waals surface area contributed by atoms with Crippen LogP contribution < -0.4 is 5.32 Å². The fraction of sp³-hybridized carbons (Fsp3) is 0.500. The molecule has 0 spiro atoms. The summed E-state index contributed by atoms with van der Waals surface area (Å²) in [7, 11) is 2.04. The predicted molar refractivity (Wildman–Crippen MR) is 130 cm³/mol. The molecule has 0 amide bonds. The minimum Gasteiger partial charge on any atom is -0.378 e. The molecule has 1 saturated heterocycles. The maximum Gasteiger partial charge on any atom is 0.120 e. The first kappa shape index (κ1) is 23.8. The third kappa shape index (κ3) is 6.01. The quantitative estimate of drug-likeness (QED) is 0.479. The van der Waals surface area contributed by atoms with Crippen LogP contribution in [-0.2, 0) is 4.79 Å². The van der Waals surface area contributed by atoms with Gasteiger partial charge >= 0.3 is 0 Å². The number of nitrogens with zero attached hydrogens (tertiary/aromatic N) is 2. The van der Waals surface area contributed by atoms with E-state index in [0.29, 0.717) is 12.5 Å². The lowest BCUT2D eigenvalue weighted by Crippen LogP contribution is -2.54. The molecule has 1 N–H and O–H groups in total. The number of benzene rings is 1. The maximum absolute atomic E-state index is 10.7. The Balaban J connectivity index is 2.06. The van der Waals surface area contributed by atoms with Gasteiger partial charge in [0.15, 0.2) is 0 Å². The van der Waals surface area contributed by atoms with Gasteiger partial charge in [0.25, 0.3) is 0 Å². The highest BCUT2D eigenvalue weighted by molar-refractivity contribution is 5.79. The zero-order chi connectivity index (χ0) is 22.5. The van der Waals surface area contributed by atoms with Crippen LogP contribution >= 0.6 is 0 Å². The van der Waals surface area contributed by atoms with Crippen LogP contribution in [0, 0.1) is 5.41 Å². The molecule has 1 unspecified atom stereocenters. The number of anilines is 1. The number of hydrogen-bond acceptors (Lipinski definition) is 4. The van der Waals surface area contributed by atoms with Gasteiger partial charge in [0.05, 0.1) is 6.04 Å². The van der Waals surface area contributed by atoms with E-state index in [2.05, 4.69) is 80.7 Å². The average Bonchev–Trinajstić information content (AvgIpc) is 2.65. The van der Waals surface area contributed by atoms with Gasteiger partial charge in [-0.2, -0.15) is 0 Å². The highest BCUT2D eigenvalue weighted by atomic mass is 16.1. The molecule has 1 atom stereocenters. The number of likely N-dealkylation sites (tertiary alicyclic amines) is 1. The molecular weight excluding hydrogens is 370 g/mol. The standard InChI is InChI=1S/C26H39N3O/c1-9-23-24(21(4)28(8)19(2)12-11-15-30)13-10-14-25(23)27-22-17-29(18-22)20(3)16-26(5,6)7/h9-10,13-15,19,22,27H,1,3-4,11-12,16-18H2,2,5-8H3. The summed E-state index contributed by atoms with van der Waals surface area (Å²) < 4.78 is 0. The summed E-state index contributed by atoms with van der Waals surface area (Å²) in [5, 5.41) is 3.68.